The van der Waals surface area contributed by atoms with E-state index >= 15 is 0 Å². The first-order valence-electron chi connectivity index (χ1n) is 5.69. The molecule has 0 aliphatic carbocycles. The molecule has 1 aromatic carbocycles. The molecule has 18 heavy (non-hydrogen) atoms. The maximum absolute atomic E-state index is 11.2. The normalized spacial score (nSPS) is 9.56. The fourth-order valence-corrected chi connectivity index (χ4v) is 1.92. The van der Waals surface area contributed by atoms with Crippen molar-refractivity contribution in [3.8, 4) is 18.1 Å². The molecular weight excluding hydrogens is 246 g/mol. The summed E-state index contributed by atoms with van der Waals surface area (Å²) in [5.41, 5.74) is 1.17. The Labute approximate surface area is 112 Å². The molecule has 0 radical (unpaired) electrons. The maximum Gasteiger partial charge on any atom is 0.230 e. The Morgan fingerprint density at radius 2 is 2.39 bits per heavy atom. The first kappa shape index (κ1) is 14.5. The first-order chi connectivity index (χ1) is 8.72. The number of hydrogen-bond acceptors (Lipinski definition) is 3. The highest BCUT2D eigenvalue weighted by Crippen LogP contribution is 2.12. The van der Waals surface area contributed by atoms with Crippen molar-refractivity contribution in [3.63, 3.8) is 0 Å². The number of rotatable bonds is 7. The number of carbonyl (C=O) groups excluding carboxylic acids is 1. The zero-order valence-electron chi connectivity index (χ0n) is 10.4. The lowest BCUT2D eigenvalue weighted by Gasteiger charge is -2.06. The smallest absolute Gasteiger partial charge is 0.230 e. The van der Waals surface area contributed by atoms with Crippen molar-refractivity contribution in [1.29, 1.82) is 0 Å². The van der Waals surface area contributed by atoms with Crippen LogP contribution in [0, 0.1) is 19.3 Å². The number of terminal acetylenes is 1. The molecule has 3 nitrogen and oxygen atoms in total. The Kier molecular flexibility index (Phi) is 6.82. The Bertz CT molecular complexity index is 426. The van der Waals surface area contributed by atoms with Crippen molar-refractivity contribution in [2.75, 3.05) is 24.7 Å². The van der Waals surface area contributed by atoms with Crippen LogP contribution in [0.3, 0.4) is 0 Å². The van der Waals surface area contributed by atoms with E-state index in [9.17, 15) is 4.79 Å². The third-order valence-electron chi connectivity index (χ3n) is 2.11. The van der Waals surface area contributed by atoms with E-state index in [4.69, 9.17) is 11.2 Å². The van der Waals surface area contributed by atoms with E-state index in [-0.39, 0.29) is 5.91 Å². The molecule has 0 bridgehead atoms. The van der Waals surface area contributed by atoms with Gasteiger partial charge in [-0.05, 0) is 24.6 Å². The van der Waals surface area contributed by atoms with Crippen LogP contribution in [-0.4, -0.2) is 30.6 Å². The van der Waals surface area contributed by atoms with E-state index in [2.05, 4.69) is 11.2 Å². The van der Waals surface area contributed by atoms with Crippen molar-refractivity contribution in [2.45, 2.75) is 6.92 Å². The quantitative estimate of drug-likeness (QED) is 0.603. The summed E-state index contributed by atoms with van der Waals surface area (Å²) in [5.74, 6) is 4.39. The summed E-state index contributed by atoms with van der Waals surface area (Å²) in [5, 5.41) is 2.61. The molecule has 0 saturated heterocycles. The molecule has 0 heterocycles. The van der Waals surface area contributed by atoms with Gasteiger partial charge in [0.1, 0.15) is 5.75 Å². The highest BCUT2D eigenvalue weighted by Gasteiger charge is 2.00. The second-order valence-corrected chi connectivity index (χ2v) is 4.80. The Morgan fingerprint density at radius 1 is 1.56 bits per heavy atom. The molecule has 0 aliphatic heterocycles. The van der Waals surface area contributed by atoms with Crippen molar-refractivity contribution in [1.82, 2.24) is 5.32 Å². The molecule has 0 aliphatic rings. The van der Waals surface area contributed by atoms with Crippen LogP contribution in [0.25, 0.3) is 0 Å². The third kappa shape index (κ3) is 6.21. The molecule has 0 atom stereocenters. The molecule has 0 aromatic heterocycles. The van der Waals surface area contributed by atoms with E-state index in [0.717, 1.165) is 11.5 Å². The van der Waals surface area contributed by atoms with Crippen LogP contribution >= 0.6 is 11.8 Å². The Morgan fingerprint density at radius 3 is 3.11 bits per heavy atom. The summed E-state index contributed by atoms with van der Waals surface area (Å²) >= 11 is 1.53. The number of amides is 1. The molecule has 0 unspecified atom stereocenters. The van der Waals surface area contributed by atoms with E-state index < -0.39 is 0 Å². The molecular formula is C14H17NO2S. The summed E-state index contributed by atoms with van der Waals surface area (Å²) < 4.78 is 5.56. The predicted octanol–water partition coefficient (Wildman–Crippen LogP) is 1.86. The van der Waals surface area contributed by atoms with Crippen molar-refractivity contribution < 1.29 is 9.53 Å². The molecule has 1 rings (SSSR count). The summed E-state index contributed by atoms with van der Waals surface area (Å²) in [4.78, 5) is 11.2. The number of carbonyl (C=O) groups is 1. The van der Waals surface area contributed by atoms with Crippen LogP contribution in [0.2, 0.25) is 0 Å². The van der Waals surface area contributed by atoms with Crippen LogP contribution < -0.4 is 10.1 Å². The molecule has 1 aromatic rings. The lowest BCUT2D eigenvalue weighted by molar-refractivity contribution is -0.118. The monoisotopic (exact) mass is 263 g/mol. The van der Waals surface area contributed by atoms with Gasteiger partial charge in [0.25, 0.3) is 0 Å². The Balaban J connectivity index is 2.09. The van der Waals surface area contributed by atoms with Gasteiger partial charge in [-0.2, -0.15) is 0 Å². The minimum absolute atomic E-state index is 0.0338. The van der Waals surface area contributed by atoms with Gasteiger partial charge in [-0.3, -0.25) is 4.79 Å². The maximum atomic E-state index is 11.2. The molecule has 4 heteroatoms. The van der Waals surface area contributed by atoms with Crippen molar-refractivity contribution in [3.05, 3.63) is 29.8 Å². The minimum atomic E-state index is -0.0338. The Hall–Kier alpha value is -1.60. The largest absolute Gasteiger partial charge is 0.493 e. The molecule has 0 saturated carbocycles. The van der Waals surface area contributed by atoms with E-state index in [0.29, 0.717) is 18.9 Å². The second kappa shape index (κ2) is 8.48. The lowest BCUT2D eigenvalue weighted by Crippen LogP contribution is -2.25. The minimum Gasteiger partial charge on any atom is -0.493 e. The van der Waals surface area contributed by atoms with Gasteiger partial charge in [-0.25, -0.2) is 0 Å². The van der Waals surface area contributed by atoms with Crippen LogP contribution in [0.1, 0.15) is 5.56 Å². The predicted molar refractivity (Wildman–Crippen MR) is 75.8 cm³/mol. The second-order valence-electron chi connectivity index (χ2n) is 3.70. The molecule has 96 valence electrons. The van der Waals surface area contributed by atoms with Crippen LogP contribution in [0.4, 0.5) is 0 Å². The van der Waals surface area contributed by atoms with Gasteiger partial charge in [0.05, 0.1) is 18.9 Å². The van der Waals surface area contributed by atoms with Gasteiger partial charge in [0, 0.05) is 5.75 Å². The highest BCUT2D eigenvalue weighted by atomic mass is 32.2. The fourth-order valence-electron chi connectivity index (χ4n) is 1.29. The third-order valence-corrected chi connectivity index (χ3v) is 3.03. The number of benzene rings is 1. The lowest BCUT2D eigenvalue weighted by atomic mass is 10.2. The van der Waals surface area contributed by atoms with Crippen molar-refractivity contribution in [2.24, 2.45) is 0 Å². The van der Waals surface area contributed by atoms with Gasteiger partial charge in [-0.15, -0.1) is 18.2 Å². The fraction of sp³-hybridized carbons (Fsp3) is 0.357. The van der Waals surface area contributed by atoms with Gasteiger partial charge in [0.15, 0.2) is 0 Å². The van der Waals surface area contributed by atoms with E-state index in [1.165, 1.54) is 17.3 Å². The average Bonchev–Trinajstić information content (AvgIpc) is 2.36. The van der Waals surface area contributed by atoms with Crippen LogP contribution in [-0.2, 0) is 4.79 Å². The van der Waals surface area contributed by atoms with Gasteiger partial charge >= 0.3 is 0 Å². The number of hydrogen-bond donors (Lipinski definition) is 1. The number of aryl methyl sites for hydroxylation is 1. The SMILES string of the molecule is C#CCNC(=O)CSCCOc1cccc(C)c1. The van der Waals surface area contributed by atoms with Crippen LogP contribution in [0.15, 0.2) is 24.3 Å². The molecule has 0 spiro atoms. The number of thioether (sulfide) groups is 1. The van der Waals surface area contributed by atoms with E-state index in [1.54, 1.807) is 0 Å². The molecule has 0 fully saturated rings. The average molecular weight is 263 g/mol. The molecule has 1 amide bonds. The van der Waals surface area contributed by atoms with Gasteiger partial charge < -0.3 is 10.1 Å². The van der Waals surface area contributed by atoms with Gasteiger partial charge in [0.2, 0.25) is 5.91 Å². The zero-order chi connectivity index (χ0) is 13.2. The summed E-state index contributed by atoms with van der Waals surface area (Å²) in [7, 11) is 0. The topological polar surface area (TPSA) is 38.3 Å². The number of ether oxygens (including phenoxy) is 1. The standard InChI is InChI=1S/C14H17NO2S/c1-3-7-15-14(16)11-18-9-8-17-13-6-4-5-12(2)10-13/h1,4-6,10H,7-9,11H2,2H3,(H,15,16). The van der Waals surface area contributed by atoms with E-state index in [1.807, 2.05) is 31.2 Å². The van der Waals surface area contributed by atoms with Crippen LogP contribution in [0.5, 0.6) is 5.75 Å². The summed E-state index contributed by atoms with van der Waals surface area (Å²) in [6.07, 6.45) is 5.04. The van der Waals surface area contributed by atoms with Crippen molar-refractivity contribution >= 4 is 17.7 Å². The highest BCUT2D eigenvalue weighted by molar-refractivity contribution is 7.99. The first-order valence-corrected chi connectivity index (χ1v) is 6.85. The summed E-state index contributed by atoms with van der Waals surface area (Å²) in [6.45, 7) is 2.91. The summed E-state index contributed by atoms with van der Waals surface area (Å²) in [6, 6.07) is 7.91. The van der Waals surface area contributed by atoms with Gasteiger partial charge in [-0.1, -0.05) is 18.1 Å². The zero-order valence-corrected chi connectivity index (χ0v) is 11.3. The molecule has 1 N–H and O–H groups in total. The number of nitrogens with one attached hydrogen (secondary N) is 1.